The second kappa shape index (κ2) is 1.85. The van der Waals surface area contributed by atoms with Crippen LogP contribution in [-0.4, -0.2) is 23.8 Å². The Morgan fingerprint density at radius 2 is 1.40 bits per heavy atom. The standard InChI is InChI=1S/C12H13BrO2/c13-11-7-3-4-6(7)10-8(11)5(3)9(4)12(10)14-1-2-15-12/h3-11H,1-2H2/t3-,4-,5-,6+,7-,8-,9+,10+,11+/m1/s1. The highest BCUT2D eigenvalue weighted by Crippen LogP contribution is 2.92. The van der Waals surface area contributed by atoms with Crippen molar-refractivity contribution in [2.45, 2.75) is 10.6 Å². The summed E-state index contributed by atoms with van der Waals surface area (Å²) in [5.41, 5.74) is 0. The van der Waals surface area contributed by atoms with E-state index in [1.54, 1.807) is 0 Å². The summed E-state index contributed by atoms with van der Waals surface area (Å²) in [5.74, 6) is 7.38. The first kappa shape index (κ1) is 7.67. The van der Waals surface area contributed by atoms with Crippen molar-refractivity contribution in [2.75, 3.05) is 13.2 Å². The molecule has 0 unspecified atom stereocenters. The molecule has 7 rings (SSSR count). The predicted octanol–water partition coefficient (Wildman–Crippen LogP) is 1.49. The van der Waals surface area contributed by atoms with Gasteiger partial charge in [0.1, 0.15) is 0 Å². The number of alkyl halides is 1. The van der Waals surface area contributed by atoms with E-state index in [0.29, 0.717) is 0 Å². The highest BCUT2D eigenvalue weighted by atomic mass is 79.9. The Kier molecular flexibility index (Phi) is 0.946. The third kappa shape index (κ3) is 0.460. The van der Waals surface area contributed by atoms with Gasteiger partial charge in [0.25, 0.3) is 0 Å². The molecule has 0 aromatic heterocycles. The molecular weight excluding hydrogens is 256 g/mol. The molecule has 4 bridgehead atoms. The molecule has 7 fully saturated rings. The van der Waals surface area contributed by atoms with Crippen molar-refractivity contribution in [3.05, 3.63) is 0 Å². The summed E-state index contributed by atoms with van der Waals surface area (Å²) < 4.78 is 12.2. The van der Waals surface area contributed by atoms with Gasteiger partial charge in [-0.25, -0.2) is 0 Å². The molecule has 2 nitrogen and oxygen atoms in total. The fraction of sp³-hybridized carbons (Fsp3) is 1.00. The lowest BCUT2D eigenvalue weighted by Crippen LogP contribution is -2.61. The quantitative estimate of drug-likeness (QED) is 0.620. The van der Waals surface area contributed by atoms with Gasteiger partial charge in [0, 0.05) is 16.7 Å². The molecule has 3 heteroatoms. The molecule has 6 aliphatic carbocycles. The van der Waals surface area contributed by atoms with Crippen molar-refractivity contribution in [1.82, 2.24) is 0 Å². The van der Waals surface area contributed by atoms with E-state index >= 15 is 0 Å². The van der Waals surface area contributed by atoms with Crippen LogP contribution in [-0.2, 0) is 9.47 Å². The molecule has 1 aliphatic heterocycles. The van der Waals surface area contributed by atoms with Gasteiger partial charge in [0.15, 0.2) is 5.79 Å². The average Bonchev–Trinajstić information content (AvgIpc) is 2.87. The molecule has 80 valence electrons. The van der Waals surface area contributed by atoms with E-state index in [0.717, 1.165) is 65.4 Å². The second-order valence-electron chi connectivity index (χ2n) is 6.38. The van der Waals surface area contributed by atoms with Gasteiger partial charge in [-0.3, -0.25) is 0 Å². The number of ether oxygens (including phenoxy) is 2. The molecule has 15 heavy (non-hydrogen) atoms. The van der Waals surface area contributed by atoms with E-state index in [1.807, 2.05) is 0 Å². The van der Waals surface area contributed by atoms with Crippen molar-refractivity contribution in [3.8, 4) is 0 Å². The average molecular weight is 269 g/mol. The van der Waals surface area contributed by atoms with Gasteiger partial charge >= 0.3 is 0 Å². The van der Waals surface area contributed by atoms with Gasteiger partial charge in [-0.15, -0.1) is 0 Å². The summed E-state index contributed by atoms with van der Waals surface area (Å²) in [4.78, 5) is 0.802. The fourth-order valence-electron chi connectivity index (χ4n) is 6.91. The third-order valence-electron chi connectivity index (χ3n) is 6.73. The van der Waals surface area contributed by atoms with Gasteiger partial charge in [0.05, 0.1) is 13.2 Å². The van der Waals surface area contributed by atoms with Crippen molar-refractivity contribution < 1.29 is 9.47 Å². The van der Waals surface area contributed by atoms with Crippen LogP contribution < -0.4 is 0 Å². The van der Waals surface area contributed by atoms with Gasteiger partial charge in [0.2, 0.25) is 0 Å². The molecule has 0 aromatic carbocycles. The minimum atomic E-state index is -0.0849. The first-order valence-electron chi connectivity index (χ1n) is 6.28. The van der Waals surface area contributed by atoms with Crippen LogP contribution in [0, 0.1) is 47.3 Å². The lowest BCUT2D eigenvalue weighted by atomic mass is 9.41. The molecule has 0 N–H and O–H groups in total. The Morgan fingerprint density at radius 1 is 0.800 bits per heavy atom. The van der Waals surface area contributed by atoms with Crippen molar-refractivity contribution in [1.29, 1.82) is 0 Å². The second-order valence-corrected chi connectivity index (χ2v) is 7.44. The van der Waals surface area contributed by atoms with Gasteiger partial charge in [-0.1, -0.05) is 15.9 Å². The summed E-state index contributed by atoms with van der Waals surface area (Å²) in [6, 6.07) is 0. The molecular formula is C12H13BrO2. The largest absolute Gasteiger partial charge is 0.347 e. The highest BCUT2D eigenvalue weighted by Gasteiger charge is 2.94. The van der Waals surface area contributed by atoms with Crippen LogP contribution in [0.15, 0.2) is 0 Å². The summed E-state index contributed by atoms with van der Waals surface area (Å²) in [5, 5.41) is 0. The summed E-state index contributed by atoms with van der Waals surface area (Å²) in [7, 11) is 0. The number of halogens is 1. The topological polar surface area (TPSA) is 18.5 Å². The first-order chi connectivity index (χ1) is 7.36. The zero-order valence-electron chi connectivity index (χ0n) is 8.30. The highest BCUT2D eigenvalue weighted by molar-refractivity contribution is 9.09. The summed E-state index contributed by atoms with van der Waals surface area (Å²) in [6.45, 7) is 1.68. The van der Waals surface area contributed by atoms with E-state index in [1.165, 1.54) is 0 Å². The predicted molar refractivity (Wildman–Crippen MR) is 55.3 cm³/mol. The number of rotatable bonds is 0. The van der Waals surface area contributed by atoms with Crippen LogP contribution in [0.2, 0.25) is 0 Å². The van der Waals surface area contributed by atoms with E-state index in [4.69, 9.17) is 9.47 Å². The fourth-order valence-corrected chi connectivity index (χ4v) is 8.30. The Labute approximate surface area is 96.8 Å². The van der Waals surface area contributed by atoms with E-state index in [2.05, 4.69) is 15.9 Å². The summed E-state index contributed by atoms with van der Waals surface area (Å²) >= 11 is 3.96. The maximum Gasteiger partial charge on any atom is 0.175 e. The van der Waals surface area contributed by atoms with Crippen LogP contribution in [0.4, 0.5) is 0 Å². The van der Waals surface area contributed by atoms with Crippen LogP contribution in [0.5, 0.6) is 0 Å². The Hall–Kier alpha value is 0.400. The van der Waals surface area contributed by atoms with E-state index in [9.17, 15) is 0 Å². The van der Waals surface area contributed by atoms with E-state index < -0.39 is 0 Å². The Balaban J connectivity index is 1.63. The van der Waals surface area contributed by atoms with Crippen LogP contribution in [0.1, 0.15) is 0 Å². The Bertz CT molecular complexity index is 389. The zero-order valence-corrected chi connectivity index (χ0v) is 9.89. The van der Waals surface area contributed by atoms with Gasteiger partial charge < -0.3 is 9.47 Å². The molecule has 7 aliphatic rings. The lowest BCUT2D eigenvalue weighted by Gasteiger charge is -2.63. The molecule has 0 amide bonds. The maximum absolute atomic E-state index is 6.09. The molecule has 1 spiro atoms. The molecule has 0 radical (unpaired) electrons. The number of hydrogen-bond acceptors (Lipinski definition) is 2. The van der Waals surface area contributed by atoms with E-state index in [-0.39, 0.29) is 5.79 Å². The minimum Gasteiger partial charge on any atom is -0.347 e. The molecule has 0 aromatic rings. The minimum absolute atomic E-state index is 0.0849. The van der Waals surface area contributed by atoms with Crippen LogP contribution in [0.3, 0.4) is 0 Å². The first-order valence-corrected chi connectivity index (χ1v) is 7.20. The Morgan fingerprint density at radius 3 is 2.07 bits per heavy atom. The van der Waals surface area contributed by atoms with Crippen molar-refractivity contribution in [2.24, 2.45) is 47.3 Å². The molecule has 1 saturated heterocycles. The van der Waals surface area contributed by atoms with Crippen molar-refractivity contribution >= 4 is 15.9 Å². The molecule has 1 heterocycles. The monoisotopic (exact) mass is 268 g/mol. The van der Waals surface area contributed by atoms with Crippen LogP contribution in [0.25, 0.3) is 0 Å². The maximum atomic E-state index is 6.09. The molecule has 9 atom stereocenters. The normalized spacial score (nSPS) is 77.8. The van der Waals surface area contributed by atoms with Gasteiger partial charge in [-0.05, 0) is 35.5 Å². The molecule has 6 saturated carbocycles. The van der Waals surface area contributed by atoms with Crippen LogP contribution >= 0.6 is 15.9 Å². The number of hydrogen-bond donors (Lipinski definition) is 0. The van der Waals surface area contributed by atoms with Gasteiger partial charge in [-0.2, -0.15) is 0 Å². The zero-order chi connectivity index (χ0) is 9.52. The van der Waals surface area contributed by atoms with Crippen molar-refractivity contribution in [3.63, 3.8) is 0 Å². The lowest BCUT2D eigenvalue weighted by molar-refractivity contribution is -0.226. The smallest absolute Gasteiger partial charge is 0.175 e. The third-order valence-corrected chi connectivity index (χ3v) is 7.95. The SMILES string of the molecule is Br[C@H]1[C@@H]2[C@@H]3[C@@H]4[C@@H]2[C@H]2[C@H]1[C@@H]3[C@H]4C21OCCO1. The summed E-state index contributed by atoms with van der Waals surface area (Å²) in [6.07, 6.45) is 0.